The van der Waals surface area contributed by atoms with Crippen molar-refractivity contribution in [3.63, 3.8) is 0 Å². The van der Waals surface area contributed by atoms with E-state index in [-0.39, 0.29) is 30.8 Å². The van der Waals surface area contributed by atoms with Gasteiger partial charge in [0.1, 0.15) is 47.2 Å². The summed E-state index contributed by atoms with van der Waals surface area (Å²) >= 11 is 0. The fourth-order valence-electron chi connectivity index (χ4n) is 11.7. The Morgan fingerprint density at radius 1 is 0.685 bits per heavy atom. The number of nitrogens with one attached hydrogen (secondary N) is 3. The third kappa shape index (κ3) is 23.2. The van der Waals surface area contributed by atoms with E-state index in [2.05, 4.69) is 55.1 Å². The summed E-state index contributed by atoms with van der Waals surface area (Å²) in [7, 11) is 5.07. The molecule has 1 saturated heterocycles. The second-order valence-corrected chi connectivity index (χ2v) is 23.5. The Hall–Kier alpha value is -8.20. The molecule has 0 radical (unpaired) electrons. The number of carbonyl (C=O) groups is 5. The van der Waals surface area contributed by atoms with E-state index in [1.54, 1.807) is 26.2 Å². The number of hydrogen-bond donors (Lipinski definition) is 5. The molecule has 2 atom stereocenters. The molecule has 496 valence electrons. The average molecular weight is 1270 g/mol. The number of hydrogen-bond acceptors (Lipinski definition) is 16. The van der Waals surface area contributed by atoms with Gasteiger partial charge in [-0.15, -0.1) is 0 Å². The highest BCUT2D eigenvalue weighted by Gasteiger charge is 2.37. The Labute approximate surface area is 542 Å². The van der Waals surface area contributed by atoms with Crippen LogP contribution < -0.4 is 25.4 Å². The number of anilines is 2. The number of ether oxygens (including phenoxy) is 5. The number of pyridine rings is 1. The van der Waals surface area contributed by atoms with E-state index in [1.807, 2.05) is 91.0 Å². The Kier molecular flexibility index (Phi) is 30.4. The number of esters is 1. The van der Waals surface area contributed by atoms with Crippen LogP contribution in [0.3, 0.4) is 0 Å². The Morgan fingerprint density at radius 2 is 1.36 bits per heavy atom. The fraction of sp³-hybridized carbons (Fsp3) is 0.500. The molecule has 2 aliphatic rings. The minimum atomic E-state index is -1.04. The number of aromatic nitrogens is 3. The van der Waals surface area contributed by atoms with Crippen molar-refractivity contribution in [1.82, 2.24) is 30.1 Å². The van der Waals surface area contributed by atoms with Crippen LogP contribution in [0.2, 0.25) is 0 Å². The van der Waals surface area contributed by atoms with E-state index >= 15 is 0 Å². The quantitative estimate of drug-likeness (QED) is 0.0136. The van der Waals surface area contributed by atoms with Crippen molar-refractivity contribution in [3.05, 3.63) is 150 Å². The zero-order chi connectivity index (χ0) is 65.2. The van der Waals surface area contributed by atoms with Crippen LogP contribution in [0.5, 0.6) is 11.5 Å². The summed E-state index contributed by atoms with van der Waals surface area (Å²) in [6.45, 7) is 5.90. The van der Waals surface area contributed by atoms with E-state index in [0.717, 1.165) is 167 Å². The Balaban J connectivity index is 0.000000397. The number of methoxy groups -OCH3 is 3. The monoisotopic (exact) mass is 1260 g/mol. The number of likely N-dealkylation sites (tertiary alicyclic amines) is 1. The molecule has 4 aromatic carbocycles. The molecule has 0 spiro atoms. The molecule has 6 aromatic rings. The number of benzene rings is 4. The minimum Gasteiger partial charge on any atom is -0.497 e. The van der Waals surface area contributed by atoms with Gasteiger partial charge in [-0.05, 0) is 135 Å². The summed E-state index contributed by atoms with van der Waals surface area (Å²) in [5.41, 5.74) is 5.58. The van der Waals surface area contributed by atoms with Crippen LogP contribution in [-0.4, -0.2) is 157 Å². The lowest BCUT2D eigenvalue weighted by molar-refractivity contribution is -0.152. The van der Waals surface area contributed by atoms with Crippen molar-refractivity contribution < 1.29 is 57.9 Å². The van der Waals surface area contributed by atoms with E-state index in [1.165, 1.54) is 11.9 Å². The molecule has 2 aliphatic heterocycles. The molecule has 20 nitrogen and oxygen atoms in total. The lowest BCUT2D eigenvalue weighted by Gasteiger charge is -2.34. The molecule has 0 bridgehead atoms. The highest BCUT2D eigenvalue weighted by molar-refractivity contribution is 5.90. The number of carboxylic acid groups (broad SMARTS) is 2. The van der Waals surface area contributed by atoms with Gasteiger partial charge in [0.15, 0.2) is 0 Å². The Morgan fingerprint density at radius 3 is 2.07 bits per heavy atom. The number of fused-ring (bicyclic) bond motifs is 2. The topological polar surface area (TPSA) is 253 Å². The molecular weight excluding hydrogens is 1170 g/mol. The molecule has 92 heavy (non-hydrogen) atoms. The van der Waals surface area contributed by atoms with Gasteiger partial charge in [-0.2, -0.15) is 0 Å². The summed E-state index contributed by atoms with van der Waals surface area (Å²) in [4.78, 5) is 77.2. The SMILES string of the molecule is COc1ccc(C(OC)(c2ccccc2)c2ccc(OC)cc2)cc1.O=C(O)CCC(=O)OC1CCN(C(=O)CCCCCNC(=O)CCCCCCCCCOCCN(CCCCc2ccc3c(n2)NCCC3)CCC(Nc2ncnc3ccccc23)C(=O)O)C1. The van der Waals surface area contributed by atoms with Gasteiger partial charge in [0, 0.05) is 76.8 Å². The number of carbonyl (C=O) groups excluding carboxylic acids is 3. The summed E-state index contributed by atoms with van der Waals surface area (Å²) in [6.07, 6.45) is 17.3. The normalized spacial score (nSPS) is 13.9. The summed E-state index contributed by atoms with van der Waals surface area (Å²) in [5.74, 6) is 0.771. The van der Waals surface area contributed by atoms with Crippen molar-refractivity contribution in [2.45, 2.75) is 153 Å². The minimum absolute atomic E-state index is 0.0273. The van der Waals surface area contributed by atoms with Crippen LogP contribution >= 0.6 is 0 Å². The fourth-order valence-corrected chi connectivity index (χ4v) is 11.7. The second kappa shape index (κ2) is 39.3. The van der Waals surface area contributed by atoms with Crippen LogP contribution in [0.25, 0.3) is 10.9 Å². The summed E-state index contributed by atoms with van der Waals surface area (Å²) < 4.78 is 28.1. The third-order valence-electron chi connectivity index (χ3n) is 16.9. The zero-order valence-corrected chi connectivity index (χ0v) is 54.1. The highest BCUT2D eigenvalue weighted by atomic mass is 16.5. The molecule has 2 amide bonds. The number of amides is 2. The number of unbranched alkanes of at least 4 members (excludes halogenated alkanes) is 9. The standard InChI is InChI=1S/C50H74N8O9.C22H22O3/c59-44(51-28-12-6-8-21-45(60)58-32-26-40(36-58)67-47(63)25-24-46(61)62)20-7-4-2-1-3-5-14-34-66-35-33-57(30-13-11-17-39-23-22-38-16-15-29-52-48(38)55-39)31-27-43(50(64)65)56-49-41-18-9-10-19-42(41)53-37-54-49;1-23-20-13-9-18(10-14-20)22(25-3,17-7-5-4-6-8-17)19-11-15-21(24-2)16-12-19/h9-10,18-19,22-23,37,40,43H,1-8,11-17,20-21,24-36H2,(H,51,59)(H,52,55)(H,61,62)(H,64,65)(H,53,54,56);4-16H,1-3H3. The summed E-state index contributed by atoms with van der Waals surface area (Å²) in [6, 6.07) is 37.3. The zero-order valence-electron chi connectivity index (χ0n) is 54.1. The number of carboxylic acids is 2. The van der Waals surface area contributed by atoms with Crippen molar-refractivity contribution in [2.24, 2.45) is 0 Å². The molecule has 5 N–H and O–H groups in total. The number of rotatable bonds is 40. The first-order valence-corrected chi connectivity index (χ1v) is 33.0. The molecular formula is C72H96N8O12. The predicted octanol–water partition coefficient (Wildman–Crippen LogP) is 11.4. The van der Waals surface area contributed by atoms with Crippen LogP contribution in [-0.2, 0) is 56.6 Å². The van der Waals surface area contributed by atoms with E-state index < -0.39 is 29.6 Å². The van der Waals surface area contributed by atoms with E-state index in [9.17, 15) is 29.1 Å². The Bertz CT molecular complexity index is 3140. The molecule has 4 heterocycles. The van der Waals surface area contributed by atoms with Gasteiger partial charge in [0.2, 0.25) is 11.8 Å². The molecule has 0 saturated carbocycles. The summed E-state index contributed by atoms with van der Waals surface area (Å²) in [5, 5.41) is 29.3. The van der Waals surface area contributed by atoms with Gasteiger partial charge in [0.25, 0.3) is 0 Å². The number of aryl methyl sites for hydroxylation is 2. The van der Waals surface area contributed by atoms with Crippen molar-refractivity contribution in [3.8, 4) is 11.5 Å². The lowest BCUT2D eigenvalue weighted by Crippen LogP contribution is -2.37. The maximum absolute atomic E-state index is 12.5. The molecule has 8 rings (SSSR count). The maximum Gasteiger partial charge on any atom is 0.326 e. The van der Waals surface area contributed by atoms with Gasteiger partial charge in [0.05, 0.1) is 45.7 Å². The molecule has 20 heteroatoms. The van der Waals surface area contributed by atoms with Gasteiger partial charge in [-0.3, -0.25) is 19.2 Å². The van der Waals surface area contributed by atoms with Crippen LogP contribution in [0.15, 0.2) is 122 Å². The maximum atomic E-state index is 12.5. The average Bonchev–Trinajstić information content (AvgIpc) is 0.800. The predicted molar refractivity (Wildman–Crippen MR) is 356 cm³/mol. The molecule has 1 fully saturated rings. The highest BCUT2D eigenvalue weighted by Crippen LogP contribution is 2.41. The first-order valence-electron chi connectivity index (χ1n) is 33.0. The number of aliphatic carboxylic acids is 2. The lowest BCUT2D eigenvalue weighted by atomic mass is 9.80. The van der Waals surface area contributed by atoms with Crippen molar-refractivity contribution >= 4 is 52.3 Å². The van der Waals surface area contributed by atoms with Crippen molar-refractivity contribution in [1.29, 1.82) is 0 Å². The molecule has 2 aromatic heterocycles. The van der Waals surface area contributed by atoms with Crippen LogP contribution in [0.4, 0.5) is 11.6 Å². The first kappa shape index (κ1) is 71.2. The largest absolute Gasteiger partial charge is 0.497 e. The van der Waals surface area contributed by atoms with Crippen LogP contribution in [0.1, 0.15) is 150 Å². The van der Waals surface area contributed by atoms with Gasteiger partial charge < -0.3 is 59.6 Å². The van der Waals surface area contributed by atoms with E-state index in [0.29, 0.717) is 70.9 Å². The van der Waals surface area contributed by atoms with Crippen molar-refractivity contribution in [2.75, 3.05) is 91.0 Å². The van der Waals surface area contributed by atoms with Crippen LogP contribution in [0, 0.1) is 0 Å². The van der Waals surface area contributed by atoms with Gasteiger partial charge >= 0.3 is 17.9 Å². The molecule has 2 unspecified atom stereocenters. The second-order valence-electron chi connectivity index (χ2n) is 23.5. The number of nitrogens with zero attached hydrogens (tertiary/aromatic N) is 5. The number of para-hydroxylation sites is 1. The van der Waals surface area contributed by atoms with E-state index in [4.69, 9.17) is 33.8 Å². The smallest absolute Gasteiger partial charge is 0.326 e. The third-order valence-corrected chi connectivity index (χ3v) is 16.9. The first-order chi connectivity index (χ1) is 44.9. The van der Waals surface area contributed by atoms with Gasteiger partial charge in [-0.25, -0.2) is 19.7 Å². The molecule has 0 aliphatic carbocycles. The van der Waals surface area contributed by atoms with Gasteiger partial charge in [-0.1, -0.05) is 111 Å².